The SMILES string of the molecule is Cc1cc(C(=O)N(CCCl)C2CCCC2)ccc1Br. The molecule has 4 heteroatoms. The second-order valence-corrected chi connectivity index (χ2v) is 6.32. The highest BCUT2D eigenvalue weighted by Crippen LogP contribution is 2.26. The molecular formula is C15H19BrClNO. The van der Waals surface area contributed by atoms with Gasteiger partial charge in [0.05, 0.1) is 0 Å². The monoisotopic (exact) mass is 343 g/mol. The molecule has 0 N–H and O–H groups in total. The van der Waals surface area contributed by atoms with Crippen molar-refractivity contribution < 1.29 is 4.79 Å². The fourth-order valence-corrected chi connectivity index (χ4v) is 3.13. The molecule has 1 aliphatic rings. The van der Waals surface area contributed by atoms with Gasteiger partial charge in [-0.2, -0.15) is 0 Å². The normalized spacial score (nSPS) is 15.7. The molecule has 0 heterocycles. The Balaban J connectivity index is 2.20. The predicted molar refractivity (Wildman–Crippen MR) is 82.9 cm³/mol. The Morgan fingerprint density at radius 1 is 1.42 bits per heavy atom. The fraction of sp³-hybridized carbons (Fsp3) is 0.533. The van der Waals surface area contributed by atoms with E-state index in [9.17, 15) is 4.79 Å². The first-order chi connectivity index (χ1) is 9.13. The highest BCUT2D eigenvalue weighted by atomic mass is 79.9. The number of aryl methyl sites for hydroxylation is 1. The summed E-state index contributed by atoms with van der Waals surface area (Å²) in [7, 11) is 0. The third-order valence-corrected chi connectivity index (χ3v) is 4.82. The number of hydrogen-bond acceptors (Lipinski definition) is 1. The van der Waals surface area contributed by atoms with Crippen LogP contribution in [-0.4, -0.2) is 29.3 Å². The molecule has 0 aromatic heterocycles. The standard InChI is InChI=1S/C15H19BrClNO/c1-11-10-12(6-7-14(11)16)15(19)18(9-8-17)13-4-2-3-5-13/h6-7,10,13H,2-5,8-9H2,1H3. The molecule has 0 spiro atoms. The van der Waals surface area contributed by atoms with Gasteiger partial charge < -0.3 is 4.90 Å². The van der Waals surface area contributed by atoms with E-state index in [1.807, 2.05) is 30.0 Å². The quantitative estimate of drug-likeness (QED) is 0.742. The van der Waals surface area contributed by atoms with E-state index in [-0.39, 0.29) is 5.91 Å². The van der Waals surface area contributed by atoms with E-state index < -0.39 is 0 Å². The van der Waals surface area contributed by atoms with Crippen molar-refractivity contribution in [1.82, 2.24) is 4.90 Å². The van der Waals surface area contributed by atoms with Gasteiger partial charge in [0.25, 0.3) is 5.91 Å². The molecule has 0 saturated heterocycles. The summed E-state index contributed by atoms with van der Waals surface area (Å²) in [4.78, 5) is 14.6. The summed E-state index contributed by atoms with van der Waals surface area (Å²) in [5.74, 6) is 0.612. The van der Waals surface area contributed by atoms with E-state index in [1.165, 1.54) is 12.8 Å². The van der Waals surface area contributed by atoms with E-state index in [4.69, 9.17) is 11.6 Å². The Bertz CT molecular complexity index is 457. The molecule has 2 nitrogen and oxygen atoms in total. The Hall–Kier alpha value is -0.540. The molecule has 19 heavy (non-hydrogen) atoms. The van der Waals surface area contributed by atoms with Crippen LogP contribution in [0, 0.1) is 6.92 Å². The minimum atomic E-state index is 0.114. The number of amides is 1. The molecule has 1 fully saturated rings. The van der Waals surface area contributed by atoms with E-state index in [0.29, 0.717) is 18.5 Å². The lowest BCUT2D eigenvalue weighted by Gasteiger charge is -2.28. The van der Waals surface area contributed by atoms with Crippen molar-refractivity contribution in [3.63, 3.8) is 0 Å². The molecule has 1 aromatic carbocycles. The van der Waals surface area contributed by atoms with Gasteiger partial charge in [0, 0.05) is 28.5 Å². The van der Waals surface area contributed by atoms with Gasteiger partial charge in [0.15, 0.2) is 0 Å². The summed E-state index contributed by atoms with van der Waals surface area (Å²) in [6.45, 7) is 2.64. The maximum atomic E-state index is 12.6. The Labute approximate surface area is 128 Å². The smallest absolute Gasteiger partial charge is 0.254 e. The largest absolute Gasteiger partial charge is 0.334 e. The van der Waals surface area contributed by atoms with Crippen molar-refractivity contribution in [3.05, 3.63) is 33.8 Å². The van der Waals surface area contributed by atoms with Crippen molar-refractivity contribution in [1.29, 1.82) is 0 Å². The van der Waals surface area contributed by atoms with Gasteiger partial charge in [0.2, 0.25) is 0 Å². The van der Waals surface area contributed by atoms with Crippen LogP contribution in [-0.2, 0) is 0 Å². The van der Waals surface area contributed by atoms with Crippen LogP contribution >= 0.6 is 27.5 Å². The van der Waals surface area contributed by atoms with E-state index >= 15 is 0 Å². The summed E-state index contributed by atoms with van der Waals surface area (Å²) >= 11 is 9.33. The van der Waals surface area contributed by atoms with Gasteiger partial charge in [-0.25, -0.2) is 0 Å². The van der Waals surface area contributed by atoms with Gasteiger partial charge in [-0.15, -0.1) is 11.6 Å². The number of carbonyl (C=O) groups is 1. The zero-order valence-electron chi connectivity index (χ0n) is 11.2. The van der Waals surface area contributed by atoms with Crippen molar-refractivity contribution in [2.24, 2.45) is 0 Å². The Morgan fingerprint density at radius 3 is 2.68 bits per heavy atom. The number of alkyl halides is 1. The molecule has 1 saturated carbocycles. The Kier molecular flexibility index (Phi) is 5.28. The molecule has 2 rings (SSSR count). The van der Waals surface area contributed by atoms with Crippen LogP contribution in [0.25, 0.3) is 0 Å². The first-order valence-electron chi connectivity index (χ1n) is 6.76. The summed E-state index contributed by atoms with van der Waals surface area (Å²) in [6, 6.07) is 6.14. The highest BCUT2D eigenvalue weighted by Gasteiger charge is 2.27. The summed E-state index contributed by atoms with van der Waals surface area (Å²) in [6.07, 6.45) is 4.66. The summed E-state index contributed by atoms with van der Waals surface area (Å²) in [5.41, 5.74) is 1.85. The number of rotatable bonds is 4. The van der Waals surface area contributed by atoms with Gasteiger partial charge in [-0.05, 0) is 43.5 Å². The lowest BCUT2D eigenvalue weighted by atomic mass is 10.1. The number of hydrogen-bond donors (Lipinski definition) is 0. The average Bonchev–Trinajstić information content (AvgIpc) is 2.92. The first kappa shape index (κ1) is 14.9. The van der Waals surface area contributed by atoms with E-state index in [0.717, 1.165) is 28.4 Å². The molecule has 0 unspecified atom stereocenters. The number of halogens is 2. The van der Waals surface area contributed by atoms with Crippen LogP contribution in [0.5, 0.6) is 0 Å². The Morgan fingerprint density at radius 2 is 2.11 bits per heavy atom. The van der Waals surface area contributed by atoms with E-state index in [2.05, 4.69) is 15.9 Å². The van der Waals surface area contributed by atoms with Crippen molar-refractivity contribution in [2.75, 3.05) is 12.4 Å². The second-order valence-electron chi connectivity index (χ2n) is 5.09. The highest BCUT2D eigenvalue weighted by molar-refractivity contribution is 9.10. The predicted octanol–water partition coefficient (Wildman–Crippen LogP) is 4.38. The first-order valence-corrected chi connectivity index (χ1v) is 8.09. The van der Waals surface area contributed by atoms with Crippen LogP contribution in [0.3, 0.4) is 0 Å². The zero-order chi connectivity index (χ0) is 13.8. The fourth-order valence-electron chi connectivity index (χ4n) is 2.70. The number of benzene rings is 1. The molecule has 1 aromatic rings. The van der Waals surface area contributed by atoms with E-state index in [1.54, 1.807) is 0 Å². The van der Waals surface area contributed by atoms with Crippen LogP contribution in [0.2, 0.25) is 0 Å². The van der Waals surface area contributed by atoms with Crippen molar-refractivity contribution in [2.45, 2.75) is 38.6 Å². The molecule has 0 atom stereocenters. The summed E-state index contributed by atoms with van der Waals surface area (Å²) in [5, 5.41) is 0. The van der Waals surface area contributed by atoms with Gasteiger partial charge >= 0.3 is 0 Å². The molecule has 0 bridgehead atoms. The van der Waals surface area contributed by atoms with Crippen LogP contribution < -0.4 is 0 Å². The van der Waals surface area contributed by atoms with Crippen LogP contribution in [0.4, 0.5) is 0 Å². The number of nitrogens with zero attached hydrogens (tertiary/aromatic N) is 1. The average molecular weight is 345 g/mol. The minimum Gasteiger partial charge on any atom is -0.334 e. The molecule has 1 aliphatic carbocycles. The third-order valence-electron chi connectivity index (χ3n) is 3.76. The maximum Gasteiger partial charge on any atom is 0.254 e. The zero-order valence-corrected chi connectivity index (χ0v) is 13.5. The summed E-state index contributed by atoms with van der Waals surface area (Å²) < 4.78 is 1.04. The lowest BCUT2D eigenvalue weighted by Crippen LogP contribution is -2.40. The molecule has 0 radical (unpaired) electrons. The van der Waals surface area contributed by atoms with Crippen LogP contribution in [0.15, 0.2) is 22.7 Å². The van der Waals surface area contributed by atoms with Crippen molar-refractivity contribution >= 4 is 33.4 Å². The van der Waals surface area contributed by atoms with Gasteiger partial charge in [0.1, 0.15) is 0 Å². The molecule has 0 aliphatic heterocycles. The molecular weight excluding hydrogens is 326 g/mol. The lowest BCUT2D eigenvalue weighted by molar-refractivity contribution is 0.0695. The van der Waals surface area contributed by atoms with Crippen LogP contribution in [0.1, 0.15) is 41.6 Å². The van der Waals surface area contributed by atoms with Crippen molar-refractivity contribution in [3.8, 4) is 0 Å². The molecule has 1 amide bonds. The molecule has 104 valence electrons. The second kappa shape index (κ2) is 6.76. The topological polar surface area (TPSA) is 20.3 Å². The van der Waals surface area contributed by atoms with Gasteiger partial charge in [-0.3, -0.25) is 4.79 Å². The maximum absolute atomic E-state index is 12.6. The minimum absolute atomic E-state index is 0.114. The number of carbonyl (C=O) groups excluding carboxylic acids is 1. The third kappa shape index (κ3) is 3.51. The van der Waals surface area contributed by atoms with Gasteiger partial charge in [-0.1, -0.05) is 28.8 Å².